The van der Waals surface area contributed by atoms with Crippen molar-refractivity contribution in [1.29, 1.82) is 0 Å². The van der Waals surface area contributed by atoms with Crippen LogP contribution in [0, 0.1) is 5.41 Å². The molecular formula is C21H23ClN4O4S. The lowest BCUT2D eigenvalue weighted by atomic mass is 9.96. The summed E-state index contributed by atoms with van der Waals surface area (Å²) in [7, 11) is -4.04. The number of para-hydroxylation sites is 1. The molecule has 0 unspecified atom stereocenters. The minimum absolute atomic E-state index is 0.0746. The summed E-state index contributed by atoms with van der Waals surface area (Å²) in [5.41, 5.74) is 0.357. The highest BCUT2D eigenvalue weighted by Gasteiger charge is 2.28. The first-order valence-electron chi connectivity index (χ1n) is 9.47. The highest BCUT2D eigenvalue weighted by molar-refractivity contribution is 7.91. The summed E-state index contributed by atoms with van der Waals surface area (Å²) in [5.74, 6) is 0. The largest absolute Gasteiger partial charge is 0.465 e. The van der Waals surface area contributed by atoms with Crippen molar-refractivity contribution in [2.45, 2.75) is 37.4 Å². The summed E-state index contributed by atoms with van der Waals surface area (Å²) >= 11 is 6.30. The minimum Gasteiger partial charge on any atom is -0.465 e. The lowest BCUT2D eigenvalue weighted by Crippen LogP contribution is -2.36. The van der Waals surface area contributed by atoms with Gasteiger partial charge in [0.1, 0.15) is 0 Å². The number of carbonyl (C=O) groups is 1. The van der Waals surface area contributed by atoms with Gasteiger partial charge in [0.2, 0.25) is 9.84 Å². The molecule has 0 atom stereocenters. The predicted molar refractivity (Wildman–Crippen MR) is 116 cm³/mol. The van der Waals surface area contributed by atoms with Crippen molar-refractivity contribution in [2.75, 3.05) is 6.54 Å². The number of halogens is 1. The molecule has 0 fully saturated rings. The molecule has 0 saturated carbocycles. The molecule has 0 saturated heterocycles. The van der Waals surface area contributed by atoms with Crippen LogP contribution in [0.25, 0.3) is 5.69 Å². The molecular weight excluding hydrogens is 440 g/mol. The molecule has 0 aliphatic rings. The van der Waals surface area contributed by atoms with Gasteiger partial charge in [0.05, 0.1) is 22.9 Å². The number of pyridine rings is 1. The Kier molecular flexibility index (Phi) is 6.38. The van der Waals surface area contributed by atoms with Crippen LogP contribution in [-0.4, -0.2) is 45.8 Å². The van der Waals surface area contributed by atoms with Crippen LogP contribution in [0.3, 0.4) is 0 Å². The van der Waals surface area contributed by atoms with Crippen LogP contribution in [0.4, 0.5) is 4.79 Å². The topological polar surface area (TPSA) is 105 Å². The maximum absolute atomic E-state index is 13.3. The third kappa shape index (κ3) is 5.23. The van der Waals surface area contributed by atoms with Crippen LogP contribution in [0.15, 0.2) is 64.8 Å². The van der Waals surface area contributed by atoms with E-state index in [1.54, 1.807) is 36.4 Å². The van der Waals surface area contributed by atoms with Gasteiger partial charge in [-0.05, 0) is 29.7 Å². The Balaban J connectivity index is 2.13. The molecule has 0 aliphatic carbocycles. The Morgan fingerprint density at radius 1 is 1.16 bits per heavy atom. The van der Waals surface area contributed by atoms with Crippen molar-refractivity contribution < 1.29 is 18.3 Å². The normalized spacial score (nSPS) is 12.0. The molecule has 1 N–H and O–H groups in total. The minimum atomic E-state index is -4.04. The number of nitrogens with zero attached hydrogens (tertiary/aromatic N) is 4. The second kappa shape index (κ2) is 8.68. The van der Waals surface area contributed by atoms with Crippen LogP contribution in [0.1, 0.15) is 26.5 Å². The quantitative estimate of drug-likeness (QED) is 0.586. The fourth-order valence-corrected chi connectivity index (χ4v) is 4.59. The number of hydrogen-bond donors (Lipinski definition) is 1. The van der Waals surface area contributed by atoms with E-state index in [2.05, 4.69) is 10.1 Å². The lowest BCUT2D eigenvalue weighted by Gasteiger charge is -2.27. The average Bonchev–Trinajstić information content (AvgIpc) is 3.12. The monoisotopic (exact) mass is 462 g/mol. The third-order valence-corrected chi connectivity index (χ3v) is 6.24. The molecule has 1 amide bonds. The number of carboxylic acid groups (broad SMARTS) is 1. The van der Waals surface area contributed by atoms with Crippen LogP contribution in [-0.2, 0) is 16.4 Å². The Hall–Kier alpha value is -2.91. The zero-order valence-corrected chi connectivity index (χ0v) is 18.9. The summed E-state index contributed by atoms with van der Waals surface area (Å²) in [4.78, 5) is 16.9. The molecule has 0 aliphatic heterocycles. The zero-order chi connectivity index (χ0) is 22.8. The third-order valence-electron chi connectivity index (χ3n) is 4.28. The average molecular weight is 463 g/mol. The maximum Gasteiger partial charge on any atom is 0.407 e. The highest BCUT2D eigenvalue weighted by Crippen LogP contribution is 2.28. The summed E-state index contributed by atoms with van der Waals surface area (Å²) in [6.07, 6.45) is 0.274. The highest BCUT2D eigenvalue weighted by atomic mass is 35.5. The van der Waals surface area contributed by atoms with E-state index in [0.717, 1.165) is 0 Å². The van der Waals surface area contributed by atoms with E-state index < -0.39 is 15.9 Å². The van der Waals surface area contributed by atoms with E-state index in [4.69, 9.17) is 11.6 Å². The number of amides is 1. The summed E-state index contributed by atoms with van der Waals surface area (Å²) in [5, 5.41) is 14.0. The van der Waals surface area contributed by atoms with Gasteiger partial charge in [-0.15, -0.1) is 0 Å². The number of sulfone groups is 1. The van der Waals surface area contributed by atoms with E-state index in [0.29, 0.717) is 10.7 Å². The van der Waals surface area contributed by atoms with Gasteiger partial charge >= 0.3 is 6.09 Å². The van der Waals surface area contributed by atoms with E-state index >= 15 is 0 Å². The van der Waals surface area contributed by atoms with Gasteiger partial charge in [-0.1, -0.05) is 50.6 Å². The first kappa shape index (κ1) is 22.8. The first-order chi connectivity index (χ1) is 14.5. The molecule has 164 valence electrons. The molecule has 0 bridgehead atoms. The molecule has 8 nitrogen and oxygen atoms in total. The number of rotatable bonds is 6. The molecule has 1 aromatic carbocycles. The van der Waals surface area contributed by atoms with Gasteiger partial charge in [0.15, 0.2) is 10.1 Å². The van der Waals surface area contributed by atoms with Crippen molar-refractivity contribution in [3.05, 3.63) is 65.4 Å². The van der Waals surface area contributed by atoms with Crippen molar-refractivity contribution in [3.8, 4) is 5.69 Å². The summed E-state index contributed by atoms with van der Waals surface area (Å²) in [6.45, 7) is 5.94. The molecule has 3 aromatic rings. The maximum atomic E-state index is 13.3. The number of aromatic nitrogens is 3. The van der Waals surface area contributed by atoms with E-state index in [-0.39, 0.29) is 34.3 Å². The van der Waals surface area contributed by atoms with E-state index in [1.165, 1.54) is 27.9 Å². The SMILES string of the molecule is CC(C)(C)CN(Cc1cc(S(=O)(=O)c2ccccn2)n(-c2ccccc2Cl)n1)C(=O)O. The van der Waals surface area contributed by atoms with Gasteiger partial charge in [0.25, 0.3) is 0 Å². The lowest BCUT2D eigenvalue weighted by molar-refractivity contribution is 0.122. The number of benzene rings is 1. The Morgan fingerprint density at radius 2 is 1.84 bits per heavy atom. The van der Waals surface area contributed by atoms with Gasteiger partial charge in [-0.2, -0.15) is 5.10 Å². The van der Waals surface area contributed by atoms with Crippen molar-refractivity contribution in [1.82, 2.24) is 19.7 Å². The summed E-state index contributed by atoms with van der Waals surface area (Å²) < 4.78 is 27.8. The van der Waals surface area contributed by atoms with Crippen LogP contribution in [0.5, 0.6) is 0 Å². The van der Waals surface area contributed by atoms with Gasteiger partial charge < -0.3 is 10.0 Å². The van der Waals surface area contributed by atoms with Crippen LogP contribution >= 0.6 is 11.6 Å². The van der Waals surface area contributed by atoms with Gasteiger partial charge in [-0.25, -0.2) is 22.9 Å². The van der Waals surface area contributed by atoms with Crippen molar-refractivity contribution in [3.63, 3.8) is 0 Å². The van der Waals surface area contributed by atoms with Gasteiger partial charge in [-0.3, -0.25) is 0 Å². The van der Waals surface area contributed by atoms with Crippen LogP contribution < -0.4 is 0 Å². The standard InChI is InChI=1S/C21H23ClN4O4S/c1-21(2,3)14-25(20(27)28)13-15-12-19(31(29,30)18-10-6-7-11-23-18)26(24-15)17-9-5-4-8-16(17)22/h4-12H,13-14H2,1-3H3,(H,27,28). The van der Waals surface area contributed by atoms with Crippen molar-refractivity contribution >= 4 is 27.5 Å². The first-order valence-corrected chi connectivity index (χ1v) is 11.3. The molecule has 2 heterocycles. The number of hydrogen-bond acceptors (Lipinski definition) is 5. The molecule has 10 heteroatoms. The zero-order valence-electron chi connectivity index (χ0n) is 17.4. The van der Waals surface area contributed by atoms with E-state index in [1.807, 2.05) is 20.8 Å². The smallest absolute Gasteiger partial charge is 0.407 e. The Morgan fingerprint density at radius 3 is 2.42 bits per heavy atom. The molecule has 31 heavy (non-hydrogen) atoms. The molecule has 0 radical (unpaired) electrons. The molecule has 0 spiro atoms. The Labute approximate surface area is 186 Å². The fourth-order valence-electron chi connectivity index (χ4n) is 3.05. The van der Waals surface area contributed by atoms with E-state index in [9.17, 15) is 18.3 Å². The second-order valence-electron chi connectivity index (χ2n) is 8.21. The Bertz CT molecular complexity index is 1190. The predicted octanol–water partition coefficient (Wildman–Crippen LogP) is 4.28. The van der Waals surface area contributed by atoms with Crippen molar-refractivity contribution in [2.24, 2.45) is 5.41 Å². The second-order valence-corrected chi connectivity index (χ2v) is 10.5. The summed E-state index contributed by atoms with van der Waals surface area (Å²) in [6, 6.07) is 12.6. The fraction of sp³-hybridized carbons (Fsp3) is 0.286. The van der Waals surface area contributed by atoms with Gasteiger partial charge in [0, 0.05) is 18.8 Å². The molecule has 3 rings (SSSR count). The van der Waals surface area contributed by atoms with Crippen LogP contribution in [0.2, 0.25) is 5.02 Å². The molecule has 2 aromatic heterocycles.